The van der Waals surface area contributed by atoms with Gasteiger partial charge in [-0.25, -0.2) is 8.42 Å². The number of anilines is 1. The van der Waals surface area contributed by atoms with Crippen LogP contribution in [0.15, 0.2) is 87.6 Å². The number of nitrogens with zero attached hydrogens (tertiary/aromatic N) is 1. The van der Waals surface area contributed by atoms with Crippen molar-refractivity contribution in [1.29, 1.82) is 5.26 Å². The molecule has 0 aliphatic rings. The number of nitrogens with one attached hydrogen (secondary N) is 1. The SMILES string of the molecule is CCc1cccc(C)c1N/C(SCc1ccc(Cl)cc1)=C(/C#N)S(=O)(=O)c1ccccc1. The molecule has 7 heteroatoms. The van der Waals surface area contributed by atoms with E-state index in [9.17, 15) is 13.7 Å². The number of nitriles is 1. The minimum absolute atomic E-state index is 0.0865. The van der Waals surface area contributed by atoms with Crippen molar-refractivity contribution in [2.75, 3.05) is 5.32 Å². The number of allylic oxidation sites excluding steroid dienone is 1. The molecular weight excluding hydrogens is 460 g/mol. The number of aryl methyl sites for hydroxylation is 2. The van der Waals surface area contributed by atoms with Crippen LogP contribution in [-0.2, 0) is 22.0 Å². The topological polar surface area (TPSA) is 70.0 Å². The van der Waals surface area contributed by atoms with Crippen LogP contribution in [0.25, 0.3) is 0 Å². The molecule has 164 valence electrons. The Hall–Kier alpha value is -2.72. The first-order valence-electron chi connectivity index (χ1n) is 10.0. The van der Waals surface area contributed by atoms with Gasteiger partial charge < -0.3 is 5.32 Å². The number of sulfone groups is 1. The van der Waals surface area contributed by atoms with Crippen molar-refractivity contribution >= 4 is 38.9 Å². The molecule has 3 rings (SSSR count). The van der Waals surface area contributed by atoms with Gasteiger partial charge in [0.15, 0.2) is 4.91 Å². The summed E-state index contributed by atoms with van der Waals surface area (Å²) < 4.78 is 26.7. The van der Waals surface area contributed by atoms with Crippen LogP contribution >= 0.6 is 23.4 Å². The van der Waals surface area contributed by atoms with E-state index in [0.29, 0.717) is 15.8 Å². The molecule has 0 amide bonds. The number of rotatable bonds is 8. The molecule has 3 aromatic rings. The van der Waals surface area contributed by atoms with E-state index >= 15 is 0 Å². The van der Waals surface area contributed by atoms with Gasteiger partial charge in [-0.15, -0.1) is 11.8 Å². The summed E-state index contributed by atoms with van der Waals surface area (Å²) in [5, 5.41) is 14.2. The Morgan fingerprint density at radius 1 is 1.03 bits per heavy atom. The van der Waals surface area contributed by atoms with Gasteiger partial charge in [0.25, 0.3) is 0 Å². The van der Waals surface area contributed by atoms with E-state index in [1.165, 1.54) is 23.9 Å². The maximum absolute atomic E-state index is 13.3. The molecule has 0 unspecified atom stereocenters. The van der Waals surface area contributed by atoms with E-state index in [2.05, 4.69) is 5.32 Å². The van der Waals surface area contributed by atoms with E-state index < -0.39 is 9.84 Å². The van der Waals surface area contributed by atoms with E-state index in [0.717, 1.165) is 28.8 Å². The molecule has 0 aliphatic carbocycles. The van der Waals surface area contributed by atoms with Crippen molar-refractivity contribution in [1.82, 2.24) is 0 Å². The second kappa shape index (κ2) is 10.7. The Balaban J connectivity index is 2.10. The first-order chi connectivity index (χ1) is 15.4. The van der Waals surface area contributed by atoms with Crippen molar-refractivity contribution in [3.05, 3.63) is 104 Å². The fourth-order valence-corrected chi connectivity index (χ4v) is 5.81. The predicted molar refractivity (Wildman–Crippen MR) is 133 cm³/mol. The molecule has 4 nitrogen and oxygen atoms in total. The van der Waals surface area contributed by atoms with E-state index in [-0.39, 0.29) is 9.80 Å². The van der Waals surface area contributed by atoms with Crippen LogP contribution in [0, 0.1) is 18.3 Å². The summed E-state index contributed by atoms with van der Waals surface area (Å²) in [6.45, 7) is 4.00. The summed E-state index contributed by atoms with van der Waals surface area (Å²) in [6, 6.07) is 23.2. The van der Waals surface area contributed by atoms with Crippen molar-refractivity contribution in [3.63, 3.8) is 0 Å². The molecule has 0 spiro atoms. The molecule has 0 radical (unpaired) electrons. The molecule has 3 aromatic carbocycles. The lowest BCUT2D eigenvalue weighted by Crippen LogP contribution is -2.11. The number of hydrogen-bond acceptors (Lipinski definition) is 5. The van der Waals surface area contributed by atoms with Gasteiger partial charge in [0.2, 0.25) is 9.84 Å². The van der Waals surface area contributed by atoms with Crippen LogP contribution in [0.3, 0.4) is 0 Å². The van der Waals surface area contributed by atoms with E-state index in [1.807, 2.05) is 50.2 Å². The fourth-order valence-electron chi connectivity index (χ4n) is 3.16. The molecule has 1 N–H and O–H groups in total. The summed E-state index contributed by atoms with van der Waals surface area (Å²) in [5.74, 6) is 0.475. The number of hydrogen-bond donors (Lipinski definition) is 1. The first kappa shape index (κ1) is 23.9. The summed E-state index contributed by atoms with van der Waals surface area (Å²) >= 11 is 7.26. The normalized spacial score (nSPS) is 12.1. The highest BCUT2D eigenvalue weighted by molar-refractivity contribution is 8.04. The second-order valence-electron chi connectivity index (χ2n) is 7.09. The lowest BCUT2D eigenvalue weighted by atomic mass is 10.1. The average molecular weight is 483 g/mol. The largest absolute Gasteiger partial charge is 0.348 e. The summed E-state index contributed by atoms with van der Waals surface area (Å²) in [7, 11) is -4.00. The third kappa shape index (κ3) is 5.55. The van der Waals surface area contributed by atoms with Crippen molar-refractivity contribution < 1.29 is 8.42 Å². The van der Waals surface area contributed by atoms with Crippen LogP contribution in [0.5, 0.6) is 0 Å². The van der Waals surface area contributed by atoms with Crippen LogP contribution in [0.4, 0.5) is 5.69 Å². The number of para-hydroxylation sites is 1. The number of halogens is 1. The molecule has 32 heavy (non-hydrogen) atoms. The molecule has 0 fully saturated rings. The Bertz CT molecular complexity index is 1260. The average Bonchev–Trinajstić information content (AvgIpc) is 2.80. The Labute approximate surface area is 198 Å². The smallest absolute Gasteiger partial charge is 0.219 e. The van der Waals surface area contributed by atoms with Crippen LogP contribution in [0.1, 0.15) is 23.6 Å². The van der Waals surface area contributed by atoms with Crippen LogP contribution in [0.2, 0.25) is 5.02 Å². The Morgan fingerprint density at radius 3 is 2.34 bits per heavy atom. The van der Waals surface area contributed by atoms with Gasteiger partial charge in [-0.3, -0.25) is 0 Å². The molecule has 0 bridgehead atoms. The summed E-state index contributed by atoms with van der Waals surface area (Å²) in [6.07, 6.45) is 0.770. The first-order valence-corrected chi connectivity index (χ1v) is 12.9. The van der Waals surface area contributed by atoms with E-state index in [1.54, 1.807) is 30.3 Å². The molecule has 0 saturated carbocycles. The summed E-state index contributed by atoms with van der Waals surface area (Å²) in [5.41, 5.74) is 3.81. The lowest BCUT2D eigenvalue weighted by Gasteiger charge is -2.18. The van der Waals surface area contributed by atoms with Crippen molar-refractivity contribution in [2.45, 2.75) is 30.9 Å². The molecule has 0 heterocycles. The van der Waals surface area contributed by atoms with Gasteiger partial charge in [0.05, 0.1) is 4.90 Å². The lowest BCUT2D eigenvalue weighted by molar-refractivity contribution is 0.603. The molecule has 0 atom stereocenters. The standard InChI is InChI=1S/C25H23ClN2O2S2/c1-3-20-9-7-8-18(2)24(20)28-25(31-17-19-12-14-21(26)15-13-19)23(16-27)32(29,30)22-10-5-4-6-11-22/h4-15,28H,3,17H2,1-2H3/b25-23+. The van der Waals surface area contributed by atoms with Gasteiger partial charge in [0.1, 0.15) is 11.1 Å². The Kier molecular flexibility index (Phi) is 8.03. The van der Waals surface area contributed by atoms with Gasteiger partial charge in [-0.1, -0.05) is 67.1 Å². The highest BCUT2D eigenvalue weighted by Crippen LogP contribution is 2.33. The minimum Gasteiger partial charge on any atom is -0.348 e. The monoisotopic (exact) mass is 482 g/mol. The maximum atomic E-state index is 13.3. The second-order valence-corrected chi connectivity index (χ2v) is 10.4. The third-order valence-corrected chi connectivity index (χ3v) is 8.08. The Morgan fingerprint density at radius 2 is 1.72 bits per heavy atom. The zero-order chi connectivity index (χ0) is 23.1. The van der Waals surface area contributed by atoms with Gasteiger partial charge in [-0.2, -0.15) is 5.26 Å². The molecule has 0 aliphatic heterocycles. The van der Waals surface area contributed by atoms with Crippen LogP contribution < -0.4 is 5.32 Å². The van der Waals surface area contributed by atoms with Crippen molar-refractivity contribution in [2.24, 2.45) is 0 Å². The fraction of sp³-hybridized carbons (Fsp3) is 0.160. The summed E-state index contributed by atoms with van der Waals surface area (Å²) in [4.78, 5) is -0.212. The number of benzene rings is 3. The third-order valence-electron chi connectivity index (χ3n) is 4.90. The zero-order valence-corrected chi connectivity index (χ0v) is 20.2. The van der Waals surface area contributed by atoms with Crippen LogP contribution in [-0.4, -0.2) is 8.42 Å². The highest BCUT2D eigenvalue weighted by Gasteiger charge is 2.26. The highest BCUT2D eigenvalue weighted by atomic mass is 35.5. The zero-order valence-electron chi connectivity index (χ0n) is 17.8. The molecule has 0 aromatic heterocycles. The van der Waals surface area contributed by atoms with Gasteiger partial charge in [-0.05, 0) is 54.3 Å². The van der Waals surface area contributed by atoms with Crippen molar-refractivity contribution in [3.8, 4) is 6.07 Å². The van der Waals surface area contributed by atoms with E-state index in [4.69, 9.17) is 11.6 Å². The quantitative estimate of drug-likeness (QED) is 0.361. The number of thioether (sulfide) groups is 1. The predicted octanol–water partition coefficient (Wildman–Crippen LogP) is 6.72. The van der Waals surface area contributed by atoms with Gasteiger partial charge in [0, 0.05) is 16.5 Å². The molecular formula is C25H23ClN2O2S2. The minimum atomic E-state index is -4.00. The maximum Gasteiger partial charge on any atom is 0.219 e. The van der Waals surface area contributed by atoms with Gasteiger partial charge >= 0.3 is 0 Å². The molecule has 0 saturated heterocycles.